The Bertz CT molecular complexity index is 1140. The van der Waals surface area contributed by atoms with E-state index in [1.54, 1.807) is 23.1 Å². The molecule has 0 radical (unpaired) electrons. The van der Waals surface area contributed by atoms with E-state index in [1.807, 2.05) is 61.5 Å². The van der Waals surface area contributed by atoms with Crippen molar-refractivity contribution in [2.75, 3.05) is 16.8 Å². The molecule has 0 aliphatic heterocycles. The summed E-state index contributed by atoms with van der Waals surface area (Å²) in [6.07, 6.45) is 0. The number of carbonyl (C=O) groups is 1. The first-order valence-corrected chi connectivity index (χ1v) is 9.77. The number of para-hydroxylation sites is 1. The molecule has 0 atom stereocenters. The smallest absolute Gasteiger partial charge is 0.295 e. The van der Waals surface area contributed by atoms with Crippen molar-refractivity contribution in [3.8, 4) is 0 Å². The van der Waals surface area contributed by atoms with Gasteiger partial charge in [0.25, 0.3) is 11.9 Å². The van der Waals surface area contributed by atoms with Crippen LogP contribution in [-0.2, 0) is 6.54 Å². The summed E-state index contributed by atoms with van der Waals surface area (Å²) in [4.78, 5) is 19.2. The Balaban J connectivity index is 1.54. The van der Waals surface area contributed by atoms with Crippen LogP contribution >= 0.6 is 11.6 Å². The lowest BCUT2D eigenvalue weighted by Gasteiger charge is -2.21. The van der Waals surface area contributed by atoms with Gasteiger partial charge in [0.2, 0.25) is 0 Å². The van der Waals surface area contributed by atoms with E-state index in [9.17, 15) is 4.79 Å². The fraction of sp³-hybridized carbons (Fsp3) is 0.130. The SMILES string of the molecule is CCN(C(=O)c1ccc2oc(NCc3cccc(Cl)c3)nc2c1)c1ccccc1. The summed E-state index contributed by atoms with van der Waals surface area (Å²) in [5.41, 5.74) is 3.71. The molecule has 29 heavy (non-hydrogen) atoms. The number of nitrogens with one attached hydrogen (secondary N) is 1. The van der Waals surface area contributed by atoms with Crippen molar-refractivity contribution in [3.63, 3.8) is 0 Å². The van der Waals surface area contributed by atoms with Gasteiger partial charge in [0.05, 0.1) is 0 Å². The van der Waals surface area contributed by atoms with E-state index in [0.717, 1.165) is 11.3 Å². The zero-order valence-electron chi connectivity index (χ0n) is 15.9. The fourth-order valence-corrected chi connectivity index (χ4v) is 3.38. The van der Waals surface area contributed by atoms with Crippen LogP contribution in [0.1, 0.15) is 22.8 Å². The first-order valence-electron chi connectivity index (χ1n) is 9.40. The number of fused-ring (bicyclic) bond motifs is 1. The molecule has 1 N–H and O–H groups in total. The summed E-state index contributed by atoms with van der Waals surface area (Å²) in [7, 11) is 0. The van der Waals surface area contributed by atoms with Crippen LogP contribution in [0.25, 0.3) is 11.1 Å². The van der Waals surface area contributed by atoms with E-state index in [4.69, 9.17) is 16.0 Å². The van der Waals surface area contributed by atoms with Crippen LogP contribution in [0.2, 0.25) is 5.02 Å². The van der Waals surface area contributed by atoms with E-state index >= 15 is 0 Å². The molecule has 146 valence electrons. The molecule has 0 unspecified atom stereocenters. The number of carbonyl (C=O) groups excluding carboxylic acids is 1. The van der Waals surface area contributed by atoms with Crippen LogP contribution in [0, 0.1) is 0 Å². The number of oxazole rings is 1. The van der Waals surface area contributed by atoms with Gasteiger partial charge in [-0.25, -0.2) is 0 Å². The van der Waals surface area contributed by atoms with E-state index in [0.29, 0.717) is 40.8 Å². The highest BCUT2D eigenvalue weighted by molar-refractivity contribution is 6.30. The quantitative estimate of drug-likeness (QED) is 0.443. The van der Waals surface area contributed by atoms with Gasteiger partial charge in [-0.1, -0.05) is 41.9 Å². The monoisotopic (exact) mass is 405 g/mol. The molecule has 6 heteroatoms. The number of anilines is 2. The minimum Gasteiger partial charge on any atom is -0.424 e. The van der Waals surface area contributed by atoms with Gasteiger partial charge >= 0.3 is 0 Å². The highest BCUT2D eigenvalue weighted by atomic mass is 35.5. The minimum atomic E-state index is -0.0722. The van der Waals surface area contributed by atoms with Crippen molar-refractivity contribution in [1.82, 2.24) is 4.98 Å². The van der Waals surface area contributed by atoms with Gasteiger partial charge in [0.1, 0.15) is 5.52 Å². The summed E-state index contributed by atoms with van der Waals surface area (Å²) in [5.74, 6) is -0.0722. The van der Waals surface area contributed by atoms with Crippen LogP contribution < -0.4 is 10.2 Å². The summed E-state index contributed by atoms with van der Waals surface area (Å²) in [5, 5.41) is 3.84. The first-order chi connectivity index (χ1) is 14.1. The van der Waals surface area contributed by atoms with E-state index in [1.165, 1.54) is 0 Å². The van der Waals surface area contributed by atoms with Crippen LogP contribution in [0.5, 0.6) is 0 Å². The van der Waals surface area contributed by atoms with Crippen LogP contribution in [0.15, 0.2) is 77.2 Å². The second kappa shape index (κ2) is 8.37. The molecule has 3 aromatic carbocycles. The zero-order valence-corrected chi connectivity index (χ0v) is 16.7. The van der Waals surface area contributed by atoms with Crippen LogP contribution in [0.4, 0.5) is 11.7 Å². The maximum atomic E-state index is 13.0. The molecular formula is C23H20ClN3O2. The van der Waals surface area contributed by atoms with Gasteiger partial charge in [-0.15, -0.1) is 0 Å². The van der Waals surface area contributed by atoms with E-state index in [-0.39, 0.29) is 5.91 Å². The van der Waals surface area contributed by atoms with Gasteiger partial charge in [0, 0.05) is 29.4 Å². The van der Waals surface area contributed by atoms with Crippen LogP contribution in [-0.4, -0.2) is 17.4 Å². The molecule has 0 bridgehead atoms. The molecule has 1 aromatic heterocycles. The van der Waals surface area contributed by atoms with Crippen LogP contribution in [0.3, 0.4) is 0 Å². The number of nitrogens with zero attached hydrogens (tertiary/aromatic N) is 2. The van der Waals surface area contributed by atoms with E-state index in [2.05, 4.69) is 10.3 Å². The topological polar surface area (TPSA) is 58.4 Å². The summed E-state index contributed by atoms with van der Waals surface area (Å²) < 4.78 is 5.75. The molecule has 4 aromatic rings. The van der Waals surface area contributed by atoms with Gasteiger partial charge in [-0.05, 0) is 55.0 Å². The molecule has 5 nitrogen and oxygen atoms in total. The number of aromatic nitrogens is 1. The molecule has 0 saturated carbocycles. The number of halogens is 1. The summed E-state index contributed by atoms with van der Waals surface area (Å²) in [6.45, 7) is 3.07. The lowest BCUT2D eigenvalue weighted by atomic mass is 10.1. The molecule has 1 heterocycles. The molecule has 0 saturated heterocycles. The van der Waals surface area contributed by atoms with Crippen molar-refractivity contribution in [1.29, 1.82) is 0 Å². The number of benzene rings is 3. The lowest BCUT2D eigenvalue weighted by Crippen LogP contribution is -2.30. The summed E-state index contributed by atoms with van der Waals surface area (Å²) in [6, 6.07) is 22.9. The van der Waals surface area contributed by atoms with Crippen molar-refractivity contribution >= 4 is 40.3 Å². The second-order valence-corrected chi connectivity index (χ2v) is 7.01. The third-order valence-corrected chi connectivity index (χ3v) is 4.83. The Morgan fingerprint density at radius 3 is 2.66 bits per heavy atom. The summed E-state index contributed by atoms with van der Waals surface area (Å²) >= 11 is 6.02. The number of amides is 1. The Morgan fingerprint density at radius 1 is 1.07 bits per heavy atom. The zero-order chi connectivity index (χ0) is 20.2. The maximum absolute atomic E-state index is 13.0. The van der Waals surface area contributed by atoms with Gasteiger partial charge in [-0.2, -0.15) is 4.98 Å². The Kier molecular flexibility index (Phi) is 5.49. The Hall–Kier alpha value is -3.31. The maximum Gasteiger partial charge on any atom is 0.295 e. The van der Waals surface area contributed by atoms with Crippen molar-refractivity contribution < 1.29 is 9.21 Å². The standard InChI is InChI=1S/C23H20ClN3O2/c1-2-27(19-9-4-3-5-10-19)22(28)17-11-12-21-20(14-17)26-23(29-21)25-15-16-7-6-8-18(24)13-16/h3-14H,2,15H2,1H3,(H,25,26). The molecule has 0 aliphatic carbocycles. The fourth-order valence-electron chi connectivity index (χ4n) is 3.17. The van der Waals surface area contributed by atoms with Crippen molar-refractivity contribution in [2.24, 2.45) is 0 Å². The molecule has 0 aliphatic rings. The third kappa shape index (κ3) is 4.25. The molecule has 0 fully saturated rings. The molecule has 1 amide bonds. The Morgan fingerprint density at radius 2 is 1.90 bits per heavy atom. The first kappa shape index (κ1) is 19.0. The second-order valence-electron chi connectivity index (χ2n) is 6.57. The molecule has 0 spiro atoms. The van der Waals surface area contributed by atoms with Crippen molar-refractivity contribution in [2.45, 2.75) is 13.5 Å². The Labute approximate surface area is 173 Å². The third-order valence-electron chi connectivity index (χ3n) is 4.60. The highest BCUT2D eigenvalue weighted by Crippen LogP contribution is 2.23. The molecular weight excluding hydrogens is 386 g/mol. The van der Waals surface area contributed by atoms with Gasteiger partial charge in [0.15, 0.2) is 5.58 Å². The number of hydrogen-bond donors (Lipinski definition) is 1. The van der Waals surface area contributed by atoms with E-state index < -0.39 is 0 Å². The van der Waals surface area contributed by atoms with Gasteiger partial charge in [-0.3, -0.25) is 4.79 Å². The predicted molar refractivity (Wildman–Crippen MR) is 117 cm³/mol. The number of rotatable bonds is 6. The van der Waals surface area contributed by atoms with Gasteiger partial charge < -0.3 is 14.6 Å². The normalized spacial score (nSPS) is 10.8. The minimum absolute atomic E-state index is 0.0722. The van der Waals surface area contributed by atoms with Crippen molar-refractivity contribution in [3.05, 3.63) is 88.9 Å². The average molecular weight is 406 g/mol. The average Bonchev–Trinajstić information content (AvgIpc) is 3.16. The predicted octanol–water partition coefficient (Wildman–Crippen LogP) is 5.76. The lowest BCUT2D eigenvalue weighted by molar-refractivity contribution is 0.0988. The highest BCUT2D eigenvalue weighted by Gasteiger charge is 2.17. The largest absolute Gasteiger partial charge is 0.424 e. The number of hydrogen-bond acceptors (Lipinski definition) is 4. The molecule has 4 rings (SSSR count).